The Morgan fingerprint density at radius 2 is 1.76 bits per heavy atom. The number of hydrogen-bond donors (Lipinski definition) is 2. The zero-order valence-corrected chi connectivity index (χ0v) is 11.2. The predicted molar refractivity (Wildman–Crippen MR) is 77.8 cm³/mol. The van der Waals surface area contributed by atoms with E-state index in [1.807, 2.05) is 0 Å². The molecule has 5 heteroatoms. The first-order valence-electron chi connectivity index (χ1n) is 6.23. The van der Waals surface area contributed by atoms with Crippen molar-refractivity contribution in [3.63, 3.8) is 0 Å². The molecule has 21 heavy (non-hydrogen) atoms. The van der Waals surface area contributed by atoms with Crippen molar-refractivity contribution in [2.75, 3.05) is 7.11 Å². The second-order valence-corrected chi connectivity index (χ2v) is 4.54. The van der Waals surface area contributed by atoms with Crippen LogP contribution in [0, 0.1) is 0 Å². The lowest BCUT2D eigenvalue weighted by Crippen LogP contribution is -2.00. The van der Waals surface area contributed by atoms with Crippen molar-refractivity contribution in [2.45, 2.75) is 0 Å². The molecular weight excluding hydrogens is 272 g/mol. The van der Waals surface area contributed by atoms with Crippen LogP contribution in [0.5, 0.6) is 17.2 Å². The molecule has 0 aliphatic rings. The van der Waals surface area contributed by atoms with Gasteiger partial charge in [0.2, 0.25) is 0 Å². The number of methoxy groups -OCH3 is 1. The molecule has 2 aromatic carbocycles. The normalized spacial score (nSPS) is 10.7. The van der Waals surface area contributed by atoms with Gasteiger partial charge >= 0.3 is 0 Å². The molecule has 0 saturated carbocycles. The first-order valence-corrected chi connectivity index (χ1v) is 6.23. The standard InChI is InChI=1S/C16H12O5/c1-20-11-4-2-9(3-5-11)15-8-13(18)12-6-10(17)7-14(19)16(12)21-15/h2-8,17,19H,1H3. The monoisotopic (exact) mass is 284 g/mol. The van der Waals surface area contributed by atoms with Gasteiger partial charge in [-0.15, -0.1) is 0 Å². The van der Waals surface area contributed by atoms with Crippen LogP contribution in [0.1, 0.15) is 0 Å². The summed E-state index contributed by atoms with van der Waals surface area (Å²) in [7, 11) is 1.57. The molecule has 1 aromatic heterocycles. The third-order valence-electron chi connectivity index (χ3n) is 3.17. The number of rotatable bonds is 2. The highest BCUT2D eigenvalue weighted by Crippen LogP contribution is 2.31. The maximum Gasteiger partial charge on any atom is 0.193 e. The minimum Gasteiger partial charge on any atom is -0.508 e. The van der Waals surface area contributed by atoms with Crippen molar-refractivity contribution in [1.82, 2.24) is 0 Å². The van der Waals surface area contributed by atoms with E-state index >= 15 is 0 Å². The topological polar surface area (TPSA) is 79.9 Å². The van der Waals surface area contributed by atoms with Crippen LogP contribution >= 0.6 is 0 Å². The smallest absolute Gasteiger partial charge is 0.193 e. The number of hydrogen-bond acceptors (Lipinski definition) is 5. The summed E-state index contributed by atoms with van der Waals surface area (Å²) in [6.45, 7) is 0. The van der Waals surface area contributed by atoms with Crippen molar-refractivity contribution in [1.29, 1.82) is 0 Å². The quantitative estimate of drug-likeness (QED) is 0.756. The lowest BCUT2D eigenvalue weighted by atomic mass is 10.1. The molecule has 0 fully saturated rings. The van der Waals surface area contributed by atoms with Gasteiger partial charge in [-0.3, -0.25) is 4.79 Å². The third-order valence-corrected chi connectivity index (χ3v) is 3.17. The summed E-state index contributed by atoms with van der Waals surface area (Å²) in [5.74, 6) is 0.549. The van der Waals surface area contributed by atoms with Crippen LogP contribution in [-0.2, 0) is 0 Å². The van der Waals surface area contributed by atoms with Gasteiger partial charge in [0.15, 0.2) is 16.8 Å². The van der Waals surface area contributed by atoms with E-state index in [0.717, 1.165) is 6.07 Å². The van der Waals surface area contributed by atoms with Crippen LogP contribution in [0.3, 0.4) is 0 Å². The first kappa shape index (κ1) is 13.1. The van der Waals surface area contributed by atoms with Gasteiger partial charge in [0.05, 0.1) is 12.5 Å². The number of phenolic OH excluding ortho intramolecular Hbond substituents is 2. The summed E-state index contributed by atoms with van der Waals surface area (Å²) in [5.41, 5.74) is 0.390. The Bertz CT molecular complexity index is 862. The van der Waals surface area contributed by atoms with Gasteiger partial charge in [-0.25, -0.2) is 0 Å². The summed E-state index contributed by atoms with van der Waals surface area (Å²) >= 11 is 0. The van der Waals surface area contributed by atoms with E-state index in [1.54, 1.807) is 31.4 Å². The fourth-order valence-corrected chi connectivity index (χ4v) is 2.12. The molecule has 2 N–H and O–H groups in total. The van der Waals surface area contributed by atoms with Crippen molar-refractivity contribution in [2.24, 2.45) is 0 Å². The second-order valence-electron chi connectivity index (χ2n) is 4.54. The van der Waals surface area contributed by atoms with E-state index < -0.39 is 0 Å². The van der Waals surface area contributed by atoms with Crippen LogP contribution in [0.2, 0.25) is 0 Å². The molecule has 0 bridgehead atoms. The zero-order chi connectivity index (χ0) is 15.0. The van der Waals surface area contributed by atoms with Gasteiger partial charge in [0, 0.05) is 17.7 Å². The number of ether oxygens (including phenoxy) is 1. The number of aromatic hydroxyl groups is 2. The van der Waals surface area contributed by atoms with Gasteiger partial charge in [-0.05, 0) is 30.3 Å². The Balaban J connectivity index is 2.22. The van der Waals surface area contributed by atoms with E-state index in [2.05, 4.69) is 0 Å². The molecule has 0 amide bonds. The average Bonchev–Trinajstić information content (AvgIpc) is 2.48. The molecule has 0 saturated heterocycles. The van der Waals surface area contributed by atoms with Crippen molar-refractivity contribution >= 4 is 11.0 Å². The van der Waals surface area contributed by atoms with E-state index in [-0.39, 0.29) is 27.9 Å². The highest BCUT2D eigenvalue weighted by molar-refractivity contribution is 5.85. The summed E-state index contributed by atoms with van der Waals surface area (Å²) in [5, 5.41) is 19.4. The fourth-order valence-electron chi connectivity index (χ4n) is 2.12. The highest BCUT2D eigenvalue weighted by Gasteiger charge is 2.12. The molecule has 0 aliphatic heterocycles. The van der Waals surface area contributed by atoms with Crippen LogP contribution in [0.4, 0.5) is 0 Å². The zero-order valence-electron chi connectivity index (χ0n) is 11.2. The van der Waals surface area contributed by atoms with Crippen molar-refractivity contribution in [3.8, 4) is 28.6 Å². The Hall–Kier alpha value is -2.95. The lowest BCUT2D eigenvalue weighted by molar-refractivity contribution is 0.415. The molecular formula is C16H12O5. The Morgan fingerprint density at radius 1 is 1.05 bits per heavy atom. The van der Waals surface area contributed by atoms with E-state index in [0.29, 0.717) is 17.1 Å². The Labute approximate surface area is 119 Å². The molecule has 3 rings (SSSR count). The van der Waals surface area contributed by atoms with Crippen LogP contribution in [-0.4, -0.2) is 17.3 Å². The predicted octanol–water partition coefficient (Wildman–Crippen LogP) is 2.88. The van der Waals surface area contributed by atoms with Gasteiger partial charge < -0.3 is 19.4 Å². The maximum absolute atomic E-state index is 12.1. The number of fused-ring (bicyclic) bond motifs is 1. The van der Waals surface area contributed by atoms with Crippen LogP contribution in [0.25, 0.3) is 22.3 Å². The van der Waals surface area contributed by atoms with Crippen LogP contribution in [0.15, 0.2) is 51.7 Å². The molecule has 0 aliphatic carbocycles. The molecule has 3 aromatic rings. The second kappa shape index (κ2) is 4.86. The molecule has 5 nitrogen and oxygen atoms in total. The largest absolute Gasteiger partial charge is 0.508 e. The lowest BCUT2D eigenvalue weighted by Gasteiger charge is -2.06. The van der Waals surface area contributed by atoms with E-state index in [1.165, 1.54) is 12.1 Å². The molecule has 0 atom stereocenters. The average molecular weight is 284 g/mol. The third kappa shape index (κ3) is 2.29. The first-order chi connectivity index (χ1) is 10.1. The van der Waals surface area contributed by atoms with E-state index in [9.17, 15) is 15.0 Å². The summed E-state index contributed by atoms with van der Waals surface area (Å²) in [4.78, 5) is 12.1. The van der Waals surface area contributed by atoms with Gasteiger partial charge in [0.1, 0.15) is 17.3 Å². The number of phenols is 2. The Morgan fingerprint density at radius 3 is 2.43 bits per heavy atom. The minimum absolute atomic E-state index is 0.0473. The van der Waals surface area contributed by atoms with Gasteiger partial charge in [0.25, 0.3) is 0 Å². The van der Waals surface area contributed by atoms with E-state index in [4.69, 9.17) is 9.15 Å². The maximum atomic E-state index is 12.1. The van der Waals surface area contributed by atoms with Gasteiger partial charge in [-0.2, -0.15) is 0 Å². The molecule has 1 heterocycles. The summed E-state index contributed by atoms with van der Waals surface area (Å²) < 4.78 is 10.7. The summed E-state index contributed by atoms with van der Waals surface area (Å²) in [6.07, 6.45) is 0. The Kier molecular flexibility index (Phi) is 3.02. The molecule has 0 radical (unpaired) electrons. The minimum atomic E-state index is -0.340. The van der Waals surface area contributed by atoms with Gasteiger partial charge in [-0.1, -0.05) is 0 Å². The van der Waals surface area contributed by atoms with Crippen LogP contribution < -0.4 is 10.2 Å². The molecule has 0 unspecified atom stereocenters. The molecule has 106 valence electrons. The van der Waals surface area contributed by atoms with Crippen molar-refractivity contribution < 1.29 is 19.4 Å². The molecule has 0 spiro atoms. The highest BCUT2D eigenvalue weighted by atomic mass is 16.5. The number of benzene rings is 2. The fraction of sp³-hybridized carbons (Fsp3) is 0.0625. The SMILES string of the molecule is COc1ccc(-c2cc(=O)c3cc(O)cc(O)c3o2)cc1. The van der Waals surface area contributed by atoms with Crippen molar-refractivity contribution in [3.05, 3.63) is 52.7 Å². The summed E-state index contributed by atoms with van der Waals surface area (Å²) in [6, 6.07) is 10.7.